The zero-order chi connectivity index (χ0) is 10.7. The zero-order valence-corrected chi connectivity index (χ0v) is 8.55. The molecule has 2 aromatic rings. The Labute approximate surface area is 87.7 Å². The Morgan fingerprint density at radius 2 is 2.20 bits per heavy atom. The molecule has 1 heterocycles. The summed E-state index contributed by atoms with van der Waals surface area (Å²) in [6, 6.07) is 7.64. The normalized spacial score (nSPS) is 11.3. The molecule has 0 amide bonds. The minimum atomic E-state index is -0.0631. The average molecular weight is 200 g/mol. The van der Waals surface area contributed by atoms with Gasteiger partial charge in [-0.1, -0.05) is 24.3 Å². The third kappa shape index (κ3) is 1.81. The first-order chi connectivity index (χ1) is 7.33. The number of rotatable bonds is 2. The number of fused-ring (bicyclic) bond motifs is 1. The first-order valence-electron chi connectivity index (χ1n) is 4.88. The Morgan fingerprint density at radius 1 is 1.40 bits per heavy atom. The Bertz CT molecular complexity index is 555. The van der Waals surface area contributed by atoms with Crippen molar-refractivity contribution in [1.29, 1.82) is 0 Å². The lowest BCUT2D eigenvalue weighted by Gasteiger charge is -2.05. The van der Waals surface area contributed by atoms with Crippen molar-refractivity contribution in [3.63, 3.8) is 0 Å². The molecule has 0 radical (unpaired) electrons. The van der Waals surface area contributed by atoms with Gasteiger partial charge in [0.15, 0.2) is 0 Å². The SMILES string of the molecule is CC=CCn1c(=O)cnc2ccccc21. The third-order valence-electron chi connectivity index (χ3n) is 2.28. The van der Waals surface area contributed by atoms with Gasteiger partial charge < -0.3 is 4.57 Å². The van der Waals surface area contributed by atoms with E-state index in [0.29, 0.717) is 6.54 Å². The first kappa shape index (κ1) is 9.65. The number of benzene rings is 1. The molecule has 15 heavy (non-hydrogen) atoms. The van der Waals surface area contributed by atoms with Crippen molar-refractivity contribution in [1.82, 2.24) is 9.55 Å². The van der Waals surface area contributed by atoms with E-state index < -0.39 is 0 Å². The van der Waals surface area contributed by atoms with Gasteiger partial charge in [0.25, 0.3) is 5.56 Å². The summed E-state index contributed by atoms with van der Waals surface area (Å²) in [5.74, 6) is 0. The van der Waals surface area contributed by atoms with Crippen molar-refractivity contribution >= 4 is 11.0 Å². The molecule has 76 valence electrons. The summed E-state index contributed by atoms with van der Waals surface area (Å²) in [6.07, 6.45) is 5.25. The maximum absolute atomic E-state index is 11.6. The minimum absolute atomic E-state index is 0.0631. The van der Waals surface area contributed by atoms with Crippen LogP contribution in [0.1, 0.15) is 6.92 Å². The predicted octanol–water partition coefficient (Wildman–Crippen LogP) is 1.97. The summed E-state index contributed by atoms with van der Waals surface area (Å²) in [7, 11) is 0. The summed E-state index contributed by atoms with van der Waals surface area (Å²) < 4.78 is 1.71. The molecule has 0 aliphatic rings. The molecule has 0 aliphatic carbocycles. The molecule has 0 unspecified atom stereocenters. The molecule has 0 atom stereocenters. The number of allylic oxidation sites excluding steroid dienone is 2. The highest BCUT2D eigenvalue weighted by Crippen LogP contribution is 2.07. The fourth-order valence-corrected chi connectivity index (χ4v) is 1.51. The van der Waals surface area contributed by atoms with Gasteiger partial charge in [-0.25, -0.2) is 4.98 Å². The minimum Gasteiger partial charge on any atom is -0.302 e. The van der Waals surface area contributed by atoms with Crippen LogP contribution < -0.4 is 5.56 Å². The molecular weight excluding hydrogens is 188 g/mol. The molecule has 3 nitrogen and oxygen atoms in total. The highest BCUT2D eigenvalue weighted by atomic mass is 16.1. The molecule has 0 fully saturated rings. The standard InChI is InChI=1S/C12H12N2O/c1-2-3-8-14-11-7-5-4-6-10(11)13-9-12(14)15/h2-7,9H,8H2,1H3. The van der Waals surface area contributed by atoms with E-state index in [1.165, 1.54) is 6.20 Å². The smallest absolute Gasteiger partial charge is 0.269 e. The Morgan fingerprint density at radius 3 is 3.00 bits per heavy atom. The molecule has 0 saturated heterocycles. The van der Waals surface area contributed by atoms with Gasteiger partial charge >= 0.3 is 0 Å². The van der Waals surface area contributed by atoms with Crippen LogP contribution in [0.3, 0.4) is 0 Å². The molecule has 0 aliphatic heterocycles. The molecule has 0 N–H and O–H groups in total. The summed E-state index contributed by atoms with van der Waals surface area (Å²) >= 11 is 0. The van der Waals surface area contributed by atoms with Crippen LogP contribution in [0.5, 0.6) is 0 Å². The lowest BCUT2D eigenvalue weighted by molar-refractivity contribution is 0.807. The summed E-state index contributed by atoms with van der Waals surface area (Å²) in [5, 5.41) is 0. The predicted molar refractivity (Wildman–Crippen MR) is 60.8 cm³/mol. The Balaban J connectivity index is 2.68. The second kappa shape index (κ2) is 4.09. The van der Waals surface area contributed by atoms with E-state index in [1.807, 2.05) is 43.3 Å². The van der Waals surface area contributed by atoms with Crippen molar-refractivity contribution in [2.75, 3.05) is 0 Å². The van der Waals surface area contributed by atoms with E-state index in [0.717, 1.165) is 11.0 Å². The quantitative estimate of drug-likeness (QED) is 0.695. The maximum atomic E-state index is 11.6. The number of nitrogens with zero attached hydrogens (tertiary/aromatic N) is 2. The van der Waals surface area contributed by atoms with Crippen molar-refractivity contribution in [2.24, 2.45) is 0 Å². The highest BCUT2D eigenvalue weighted by molar-refractivity contribution is 5.74. The summed E-state index contributed by atoms with van der Waals surface area (Å²) in [6.45, 7) is 2.53. The van der Waals surface area contributed by atoms with Gasteiger partial charge in [0.05, 0.1) is 17.2 Å². The van der Waals surface area contributed by atoms with E-state index in [2.05, 4.69) is 4.98 Å². The van der Waals surface area contributed by atoms with E-state index in [4.69, 9.17) is 0 Å². The molecule has 0 bridgehead atoms. The van der Waals surface area contributed by atoms with E-state index in [9.17, 15) is 4.79 Å². The lowest BCUT2D eigenvalue weighted by Crippen LogP contribution is -2.19. The van der Waals surface area contributed by atoms with Gasteiger partial charge in [-0.3, -0.25) is 4.79 Å². The van der Waals surface area contributed by atoms with E-state index in [-0.39, 0.29) is 5.56 Å². The maximum Gasteiger partial charge on any atom is 0.269 e. The fourth-order valence-electron chi connectivity index (χ4n) is 1.51. The van der Waals surface area contributed by atoms with Crippen LogP contribution in [-0.4, -0.2) is 9.55 Å². The number of hydrogen-bond donors (Lipinski definition) is 0. The number of para-hydroxylation sites is 2. The number of aromatic nitrogens is 2. The van der Waals surface area contributed by atoms with Gasteiger partial charge in [0.1, 0.15) is 0 Å². The summed E-state index contributed by atoms with van der Waals surface area (Å²) in [5.41, 5.74) is 1.66. The largest absolute Gasteiger partial charge is 0.302 e. The van der Waals surface area contributed by atoms with Gasteiger partial charge in [-0.15, -0.1) is 0 Å². The van der Waals surface area contributed by atoms with Gasteiger partial charge in [-0.05, 0) is 19.1 Å². The van der Waals surface area contributed by atoms with Crippen LogP contribution in [0, 0.1) is 0 Å². The van der Waals surface area contributed by atoms with Crippen molar-refractivity contribution in [3.8, 4) is 0 Å². The Kier molecular flexibility index (Phi) is 2.63. The monoisotopic (exact) mass is 200 g/mol. The zero-order valence-electron chi connectivity index (χ0n) is 8.55. The van der Waals surface area contributed by atoms with Crippen LogP contribution >= 0.6 is 0 Å². The topological polar surface area (TPSA) is 34.9 Å². The van der Waals surface area contributed by atoms with E-state index in [1.54, 1.807) is 4.57 Å². The van der Waals surface area contributed by atoms with Crippen molar-refractivity contribution in [3.05, 3.63) is 53.0 Å². The fraction of sp³-hybridized carbons (Fsp3) is 0.167. The highest BCUT2D eigenvalue weighted by Gasteiger charge is 2.00. The molecule has 1 aromatic heterocycles. The van der Waals surface area contributed by atoms with Gasteiger partial charge in [-0.2, -0.15) is 0 Å². The second-order valence-electron chi connectivity index (χ2n) is 3.26. The molecular formula is C12H12N2O. The van der Waals surface area contributed by atoms with Crippen LogP contribution in [0.4, 0.5) is 0 Å². The van der Waals surface area contributed by atoms with Crippen molar-refractivity contribution in [2.45, 2.75) is 13.5 Å². The van der Waals surface area contributed by atoms with Gasteiger partial charge in [0.2, 0.25) is 0 Å². The molecule has 1 aromatic carbocycles. The summed E-state index contributed by atoms with van der Waals surface area (Å²) in [4.78, 5) is 15.7. The van der Waals surface area contributed by atoms with Crippen LogP contribution in [-0.2, 0) is 6.54 Å². The molecule has 0 saturated carbocycles. The van der Waals surface area contributed by atoms with Crippen LogP contribution in [0.25, 0.3) is 11.0 Å². The molecule has 3 heteroatoms. The second-order valence-corrected chi connectivity index (χ2v) is 3.26. The lowest BCUT2D eigenvalue weighted by atomic mass is 10.3. The van der Waals surface area contributed by atoms with Crippen molar-refractivity contribution < 1.29 is 0 Å². The first-order valence-corrected chi connectivity index (χ1v) is 4.88. The molecule has 2 rings (SSSR count). The van der Waals surface area contributed by atoms with Crippen LogP contribution in [0.15, 0.2) is 47.4 Å². The van der Waals surface area contributed by atoms with E-state index >= 15 is 0 Å². The Hall–Kier alpha value is -1.90. The number of hydrogen-bond acceptors (Lipinski definition) is 2. The third-order valence-corrected chi connectivity index (χ3v) is 2.28. The average Bonchev–Trinajstić information content (AvgIpc) is 2.28. The molecule has 0 spiro atoms. The van der Waals surface area contributed by atoms with Crippen LogP contribution in [0.2, 0.25) is 0 Å². The van der Waals surface area contributed by atoms with Gasteiger partial charge in [0, 0.05) is 6.54 Å².